The van der Waals surface area contributed by atoms with Crippen LogP contribution in [0.1, 0.15) is 13.8 Å². The van der Waals surface area contributed by atoms with Gasteiger partial charge in [0.05, 0.1) is 7.11 Å². The van der Waals surface area contributed by atoms with E-state index in [4.69, 9.17) is 0 Å². The van der Waals surface area contributed by atoms with Crippen molar-refractivity contribution in [2.75, 3.05) is 20.2 Å². The van der Waals surface area contributed by atoms with Gasteiger partial charge in [0.15, 0.2) is 0 Å². The SMILES string of the molecule is CCN(CC)POS(=O)(=O)OC. The second-order valence-electron chi connectivity index (χ2n) is 1.92. The Hall–Kier alpha value is 0.260. The summed E-state index contributed by atoms with van der Waals surface area (Å²) in [5, 5.41) is 0. The highest BCUT2D eigenvalue weighted by atomic mass is 32.3. The molecule has 0 saturated carbocycles. The zero-order valence-electron chi connectivity index (χ0n) is 7.40. The van der Waals surface area contributed by atoms with Gasteiger partial charge in [0.25, 0.3) is 0 Å². The zero-order valence-corrected chi connectivity index (χ0v) is 9.22. The summed E-state index contributed by atoms with van der Waals surface area (Å²) in [6.45, 7) is 5.38. The Bertz CT molecular complexity index is 201. The predicted molar refractivity (Wildman–Crippen MR) is 48.2 cm³/mol. The van der Waals surface area contributed by atoms with Gasteiger partial charge in [-0.15, -0.1) is 0 Å². The van der Waals surface area contributed by atoms with E-state index in [-0.39, 0.29) is 8.96 Å². The van der Waals surface area contributed by atoms with Crippen LogP contribution in [0.5, 0.6) is 0 Å². The molecule has 0 aliphatic heterocycles. The minimum atomic E-state index is -3.76. The zero-order chi connectivity index (χ0) is 9.61. The minimum absolute atomic E-state index is 0.198. The van der Waals surface area contributed by atoms with Gasteiger partial charge in [0, 0.05) is 13.1 Å². The lowest BCUT2D eigenvalue weighted by Crippen LogP contribution is -2.14. The smallest absolute Gasteiger partial charge is 0.262 e. The second kappa shape index (κ2) is 5.83. The summed E-state index contributed by atoms with van der Waals surface area (Å²) in [5.74, 6) is 0. The van der Waals surface area contributed by atoms with E-state index in [1.54, 1.807) is 0 Å². The number of nitrogens with zero attached hydrogens (tertiary/aromatic N) is 1. The highest BCUT2D eigenvalue weighted by Crippen LogP contribution is 2.21. The minimum Gasteiger partial charge on any atom is -0.262 e. The molecule has 0 radical (unpaired) electrons. The Labute approximate surface area is 75.3 Å². The third-order valence-corrected chi connectivity index (χ3v) is 3.65. The van der Waals surface area contributed by atoms with Crippen LogP contribution in [0, 0.1) is 0 Å². The Morgan fingerprint density at radius 1 is 1.33 bits per heavy atom. The molecule has 0 N–H and O–H groups in total. The maximum Gasteiger partial charge on any atom is 0.403 e. The Morgan fingerprint density at radius 3 is 2.17 bits per heavy atom. The molecule has 0 fully saturated rings. The maximum absolute atomic E-state index is 10.7. The molecule has 1 unspecified atom stereocenters. The molecule has 74 valence electrons. The molecule has 0 amide bonds. The van der Waals surface area contributed by atoms with Crippen LogP contribution >= 0.6 is 8.96 Å². The van der Waals surface area contributed by atoms with Crippen molar-refractivity contribution in [2.24, 2.45) is 0 Å². The van der Waals surface area contributed by atoms with E-state index in [0.29, 0.717) is 0 Å². The van der Waals surface area contributed by atoms with E-state index >= 15 is 0 Å². The lowest BCUT2D eigenvalue weighted by atomic mass is 10.7. The highest BCUT2D eigenvalue weighted by Gasteiger charge is 2.10. The standard InChI is InChI=1S/C5H14NO4PS/c1-4-6(5-2)11-10-12(7,8)9-3/h11H,4-5H2,1-3H3. The van der Waals surface area contributed by atoms with Gasteiger partial charge in [0.1, 0.15) is 8.96 Å². The number of rotatable bonds is 6. The van der Waals surface area contributed by atoms with Gasteiger partial charge < -0.3 is 0 Å². The van der Waals surface area contributed by atoms with Crippen molar-refractivity contribution in [3.8, 4) is 0 Å². The van der Waals surface area contributed by atoms with Crippen molar-refractivity contribution < 1.29 is 16.6 Å². The van der Waals surface area contributed by atoms with Crippen molar-refractivity contribution >= 4 is 19.4 Å². The molecule has 0 aromatic rings. The first-order chi connectivity index (χ1) is 5.55. The molecule has 0 rings (SSSR count). The molecule has 7 heteroatoms. The highest BCUT2D eigenvalue weighted by molar-refractivity contribution is 7.84. The average molecular weight is 215 g/mol. The van der Waals surface area contributed by atoms with Gasteiger partial charge in [0.2, 0.25) is 0 Å². The normalized spacial score (nSPS) is 13.3. The van der Waals surface area contributed by atoms with E-state index in [0.717, 1.165) is 20.2 Å². The van der Waals surface area contributed by atoms with Crippen LogP contribution in [-0.2, 0) is 18.6 Å². The quantitative estimate of drug-likeness (QED) is 0.612. The van der Waals surface area contributed by atoms with Crippen LogP contribution in [0.15, 0.2) is 0 Å². The molecule has 0 aliphatic carbocycles. The fraction of sp³-hybridized carbons (Fsp3) is 1.00. The largest absolute Gasteiger partial charge is 0.403 e. The molecule has 0 aromatic carbocycles. The van der Waals surface area contributed by atoms with E-state index in [9.17, 15) is 8.42 Å². The molecule has 0 heterocycles. The summed E-state index contributed by atoms with van der Waals surface area (Å²) in [6.07, 6.45) is 0. The van der Waals surface area contributed by atoms with Gasteiger partial charge >= 0.3 is 10.4 Å². The summed E-state index contributed by atoms with van der Waals surface area (Å²) in [6, 6.07) is 0. The van der Waals surface area contributed by atoms with Crippen molar-refractivity contribution in [1.82, 2.24) is 4.67 Å². The number of hydrogen-bond donors (Lipinski definition) is 0. The fourth-order valence-corrected chi connectivity index (χ4v) is 1.80. The lowest BCUT2D eigenvalue weighted by molar-refractivity contribution is 0.332. The summed E-state index contributed by atoms with van der Waals surface area (Å²) < 4.78 is 31.8. The first kappa shape index (κ1) is 12.3. The molecular formula is C5H14NO4PS. The maximum atomic E-state index is 10.7. The van der Waals surface area contributed by atoms with Crippen molar-refractivity contribution in [2.45, 2.75) is 13.8 Å². The molecule has 1 atom stereocenters. The van der Waals surface area contributed by atoms with Crippen LogP contribution < -0.4 is 0 Å². The third kappa shape index (κ3) is 5.00. The first-order valence-electron chi connectivity index (χ1n) is 3.55. The van der Waals surface area contributed by atoms with Gasteiger partial charge in [-0.3, -0.25) is 8.85 Å². The Balaban J connectivity index is 3.81. The molecule has 0 spiro atoms. The summed E-state index contributed by atoms with van der Waals surface area (Å²) in [5.41, 5.74) is 0. The summed E-state index contributed by atoms with van der Waals surface area (Å²) in [4.78, 5) is 0. The monoisotopic (exact) mass is 215 g/mol. The summed E-state index contributed by atoms with van der Waals surface area (Å²) in [7, 11) is -2.89. The predicted octanol–water partition coefficient (Wildman–Crippen LogP) is 0.744. The van der Waals surface area contributed by atoms with E-state index < -0.39 is 10.4 Å². The molecule has 0 bridgehead atoms. The van der Waals surface area contributed by atoms with E-state index in [1.807, 2.05) is 18.5 Å². The van der Waals surface area contributed by atoms with Crippen LogP contribution in [0.2, 0.25) is 0 Å². The molecular weight excluding hydrogens is 201 g/mol. The molecule has 0 saturated heterocycles. The van der Waals surface area contributed by atoms with Gasteiger partial charge in [-0.25, -0.2) is 3.97 Å². The van der Waals surface area contributed by atoms with E-state index in [1.165, 1.54) is 0 Å². The first-order valence-corrected chi connectivity index (χ1v) is 5.74. The lowest BCUT2D eigenvalue weighted by Gasteiger charge is -2.15. The van der Waals surface area contributed by atoms with Crippen molar-refractivity contribution in [1.29, 1.82) is 0 Å². The Kier molecular flexibility index (Phi) is 5.96. The third-order valence-electron chi connectivity index (χ3n) is 1.24. The average Bonchev–Trinajstić information content (AvgIpc) is 2.06. The molecule has 5 nitrogen and oxygen atoms in total. The fourth-order valence-electron chi connectivity index (χ4n) is 0.485. The Morgan fingerprint density at radius 2 is 1.83 bits per heavy atom. The van der Waals surface area contributed by atoms with Crippen LogP contribution in [0.4, 0.5) is 0 Å². The molecule has 0 aromatic heterocycles. The van der Waals surface area contributed by atoms with Crippen LogP contribution in [-0.4, -0.2) is 33.3 Å². The van der Waals surface area contributed by atoms with Gasteiger partial charge in [-0.1, -0.05) is 13.8 Å². The topological polar surface area (TPSA) is 55.8 Å². The van der Waals surface area contributed by atoms with Crippen LogP contribution in [0.25, 0.3) is 0 Å². The van der Waals surface area contributed by atoms with Gasteiger partial charge in [-0.05, 0) is 0 Å². The second-order valence-corrected chi connectivity index (χ2v) is 4.55. The van der Waals surface area contributed by atoms with Crippen molar-refractivity contribution in [3.63, 3.8) is 0 Å². The number of hydrogen-bond acceptors (Lipinski definition) is 5. The van der Waals surface area contributed by atoms with Crippen LogP contribution in [0.3, 0.4) is 0 Å². The molecule has 12 heavy (non-hydrogen) atoms. The molecule has 0 aliphatic rings. The summed E-state index contributed by atoms with van der Waals surface area (Å²) >= 11 is 0. The van der Waals surface area contributed by atoms with Gasteiger partial charge in [-0.2, -0.15) is 8.42 Å². The van der Waals surface area contributed by atoms with Crippen molar-refractivity contribution in [3.05, 3.63) is 0 Å². The van der Waals surface area contributed by atoms with E-state index in [2.05, 4.69) is 8.15 Å².